The van der Waals surface area contributed by atoms with Gasteiger partial charge in [-0.2, -0.15) is 0 Å². The van der Waals surface area contributed by atoms with Gasteiger partial charge in [0, 0.05) is 25.2 Å². The Morgan fingerprint density at radius 3 is 2.29 bits per heavy atom. The summed E-state index contributed by atoms with van der Waals surface area (Å²) in [6.45, 7) is 7.14. The van der Waals surface area contributed by atoms with Gasteiger partial charge in [-0.05, 0) is 38.0 Å². The number of rotatable bonds is 4. The summed E-state index contributed by atoms with van der Waals surface area (Å²) in [5, 5.41) is 0. The predicted octanol–water partition coefficient (Wildman–Crippen LogP) is 1.18. The number of ketones is 1. The summed E-state index contributed by atoms with van der Waals surface area (Å²) in [6, 6.07) is 5.48. The average Bonchev–Trinajstić information content (AvgIpc) is 2.47. The van der Waals surface area contributed by atoms with E-state index in [1.807, 2.05) is 32.9 Å². The summed E-state index contributed by atoms with van der Waals surface area (Å²) < 4.78 is 0. The molecule has 2 rings (SSSR count). The number of piperazine rings is 1. The molecule has 0 atom stereocenters. The van der Waals surface area contributed by atoms with Crippen LogP contribution >= 0.6 is 0 Å². The second kappa shape index (κ2) is 6.08. The normalized spacial score (nSPS) is 15.6. The number of Topliss-reactive ketones (excluding diaryl/α,β-unsaturated/α-hetero) is 1. The molecule has 1 fully saturated rings. The minimum Gasteiger partial charge on any atom is -0.333 e. The minimum atomic E-state index is -0.583. The lowest BCUT2D eigenvalue weighted by Crippen LogP contribution is -2.55. The quantitative estimate of drug-likeness (QED) is 0.617. The maximum Gasteiger partial charge on any atom is 0.312 e. The fourth-order valence-corrected chi connectivity index (χ4v) is 2.35. The Kier molecular flexibility index (Phi) is 4.40. The van der Waals surface area contributed by atoms with Crippen molar-refractivity contribution in [1.29, 1.82) is 0 Å². The van der Waals surface area contributed by atoms with Crippen LogP contribution in [0.4, 0.5) is 0 Å². The monoisotopic (exact) mass is 288 g/mol. The molecule has 5 heteroatoms. The Morgan fingerprint density at radius 1 is 1.05 bits per heavy atom. The van der Waals surface area contributed by atoms with Gasteiger partial charge < -0.3 is 9.80 Å². The van der Waals surface area contributed by atoms with Crippen molar-refractivity contribution in [2.24, 2.45) is 0 Å². The number of hydrogen-bond donors (Lipinski definition) is 0. The molecule has 0 spiro atoms. The van der Waals surface area contributed by atoms with Crippen molar-refractivity contribution in [3.63, 3.8) is 0 Å². The molecular weight excluding hydrogens is 268 g/mol. The fourth-order valence-electron chi connectivity index (χ4n) is 2.35. The molecular formula is C16H20N2O3. The number of aryl methyl sites for hydroxylation is 2. The molecule has 1 aromatic carbocycles. The number of likely N-dealkylation sites (N-methyl/N-ethyl adjacent to an activating group) is 1. The second-order valence-electron chi connectivity index (χ2n) is 5.33. The lowest BCUT2D eigenvalue weighted by atomic mass is 10.0. The Labute approximate surface area is 124 Å². The molecule has 21 heavy (non-hydrogen) atoms. The standard InChI is InChI=1S/C16H20N2O3/c1-4-17-7-8-18(16(21)15(17)20)10-14(19)13-6-5-11(2)12(3)9-13/h5-6,9H,4,7-8,10H2,1-3H3. The van der Waals surface area contributed by atoms with Crippen molar-refractivity contribution in [1.82, 2.24) is 9.80 Å². The highest BCUT2D eigenvalue weighted by molar-refractivity contribution is 6.35. The van der Waals surface area contributed by atoms with Gasteiger partial charge in [0.15, 0.2) is 5.78 Å². The van der Waals surface area contributed by atoms with Gasteiger partial charge in [-0.1, -0.05) is 12.1 Å². The number of nitrogens with zero attached hydrogens (tertiary/aromatic N) is 2. The van der Waals surface area contributed by atoms with E-state index < -0.39 is 11.8 Å². The van der Waals surface area contributed by atoms with Gasteiger partial charge in [0.25, 0.3) is 0 Å². The molecule has 1 aromatic rings. The van der Waals surface area contributed by atoms with Crippen molar-refractivity contribution in [3.8, 4) is 0 Å². The average molecular weight is 288 g/mol. The zero-order chi connectivity index (χ0) is 15.6. The van der Waals surface area contributed by atoms with Gasteiger partial charge in [-0.25, -0.2) is 0 Å². The zero-order valence-electron chi connectivity index (χ0n) is 12.7. The maximum absolute atomic E-state index is 12.3. The van der Waals surface area contributed by atoms with Crippen LogP contribution in [0.2, 0.25) is 0 Å². The lowest BCUT2D eigenvalue weighted by Gasteiger charge is -2.32. The molecule has 0 saturated carbocycles. The first-order valence-corrected chi connectivity index (χ1v) is 7.12. The first kappa shape index (κ1) is 15.2. The number of benzene rings is 1. The minimum absolute atomic E-state index is 0.0371. The van der Waals surface area contributed by atoms with Gasteiger partial charge in [-0.15, -0.1) is 0 Å². The number of carbonyl (C=O) groups excluding carboxylic acids is 3. The van der Waals surface area contributed by atoms with Crippen LogP contribution in [-0.2, 0) is 9.59 Å². The van der Waals surface area contributed by atoms with Crippen LogP contribution in [0, 0.1) is 13.8 Å². The Bertz CT molecular complexity index is 595. The van der Waals surface area contributed by atoms with Crippen LogP contribution in [0.25, 0.3) is 0 Å². The number of hydrogen-bond acceptors (Lipinski definition) is 3. The third kappa shape index (κ3) is 3.12. The Morgan fingerprint density at radius 2 is 1.67 bits per heavy atom. The van der Waals surface area contributed by atoms with E-state index in [2.05, 4.69) is 0 Å². The largest absolute Gasteiger partial charge is 0.333 e. The van der Waals surface area contributed by atoms with E-state index in [4.69, 9.17) is 0 Å². The van der Waals surface area contributed by atoms with Gasteiger partial charge in [-0.3, -0.25) is 14.4 Å². The third-order valence-electron chi connectivity index (χ3n) is 3.94. The fraction of sp³-hybridized carbons (Fsp3) is 0.438. The summed E-state index contributed by atoms with van der Waals surface area (Å²) in [4.78, 5) is 38.9. The van der Waals surface area contributed by atoms with E-state index in [-0.39, 0.29) is 12.3 Å². The van der Waals surface area contributed by atoms with Crippen LogP contribution in [-0.4, -0.2) is 53.6 Å². The maximum atomic E-state index is 12.3. The van der Waals surface area contributed by atoms with Crippen LogP contribution in [0.3, 0.4) is 0 Å². The first-order valence-electron chi connectivity index (χ1n) is 7.12. The van der Waals surface area contributed by atoms with E-state index >= 15 is 0 Å². The molecule has 0 N–H and O–H groups in total. The third-order valence-corrected chi connectivity index (χ3v) is 3.94. The molecule has 5 nitrogen and oxygen atoms in total. The Hall–Kier alpha value is -2.17. The lowest BCUT2D eigenvalue weighted by molar-refractivity contribution is -0.155. The van der Waals surface area contributed by atoms with Crippen molar-refractivity contribution in [3.05, 3.63) is 34.9 Å². The van der Waals surface area contributed by atoms with Gasteiger partial charge in [0.2, 0.25) is 0 Å². The molecule has 0 bridgehead atoms. The highest BCUT2D eigenvalue weighted by Gasteiger charge is 2.32. The first-order chi connectivity index (χ1) is 9.93. The molecule has 0 aliphatic carbocycles. The topological polar surface area (TPSA) is 57.7 Å². The molecule has 0 radical (unpaired) electrons. The van der Waals surface area contributed by atoms with Gasteiger partial charge >= 0.3 is 11.8 Å². The zero-order valence-corrected chi connectivity index (χ0v) is 12.7. The van der Waals surface area contributed by atoms with Crippen LogP contribution in [0.15, 0.2) is 18.2 Å². The summed E-state index contributed by atoms with van der Waals surface area (Å²) in [7, 11) is 0. The number of carbonyl (C=O) groups is 3. The second-order valence-corrected chi connectivity index (χ2v) is 5.33. The van der Waals surface area contributed by atoms with Gasteiger partial charge in [0.05, 0.1) is 6.54 Å². The summed E-state index contributed by atoms with van der Waals surface area (Å²) in [5.74, 6) is -1.24. The molecule has 1 aliphatic rings. The Balaban J connectivity index is 2.07. The van der Waals surface area contributed by atoms with Crippen molar-refractivity contribution in [2.45, 2.75) is 20.8 Å². The van der Waals surface area contributed by atoms with Crippen molar-refractivity contribution < 1.29 is 14.4 Å². The molecule has 1 saturated heterocycles. The number of amides is 2. The smallest absolute Gasteiger partial charge is 0.312 e. The summed E-state index contributed by atoms with van der Waals surface area (Å²) in [6.07, 6.45) is 0. The molecule has 0 aromatic heterocycles. The highest BCUT2D eigenvalue weighted by Crippen LogP contribution is 2.12. The highest BCUT2D eigenvalue weighted by atomic mass is 16.2. The summed E-state index contributed by atoms with van der Waals surface area (Å²) >= 11 is 0. The van der Waals surface area contributed by atoms with E-state index in [1.54, 1.807) is 6.07 Å². The van der Waals surface area contributed by atoms with Crippen LogP contribution < -0.4 is 0 Å². The van der Waals surface area contributed by atoms with E-state index in [1.165, 1.54) is 9.80 Å². The van der Waals surface area contributed by atoms with Gasteiger partial charge in [0.1, 0.15) is 0 Å². The van der Waals surface area contributed by atoms with Crippen molar-refractivity contribution in [2.75, 3.05) is 26.2 Å². The SMILES string of the molecule is CCN1CCN(CC(=O)c2ccc(C)c(C)c2)C(=O)C1=O. The predicted molar refractivity (Wildman–Crippen MR) is 79.1 cm³/mol. The summed E-state index contributed by atoms with van der Waals surface area (Å²) in [5.41, 5.74) is 2.74. The van der Waals surface area contributed by atoms with Crippen molar-refractivity contribution >= 4 is 17.6 Å². The van der Waals surface area contributed by atoms with Crippen LogP contribution in [0.1, 0.15) is 28.4 Å². The molecule has 1 heterocycles. The van der Waals surface area contributed by atoms with E-state index in [0.29, 0.717) is 25.2 Å². The molecule has 2 amide bonds. The van der Waals surface area contributed by atoms with Crippen LogP contribution in [0.5, 0.6) is 0 Å². The van der Waals surface area contributed by atoms with E-state index in [0.717, 1.165) is 11.1 Å². The molecule has 112 valence electrons. The molecule has 0 unspecified atom stereocenters. The van der Waals surface area contributed by atoms with E-state index in [9.17, 15) is 14.4 Å². The molecule has 1 aliphatic heterocycles.